The van der Waals surface area contributed by atoms with Crippen molar-refractivity contribution in [1.29, 1.82) is 5.26 Å². The van der Waals surface area contributed by atoms with Gasteiger partial charge in [-0.15, -0.1) is 0 Å². The van der Waals surface area contributed by atoms with Gasteiger partial charge < -0.3 is 5.73 Å². The highest BCUT2D eigenvalue weighted by molar-refractivity contribution is 9.09. The largest absolute Gasteiger partial charge is 0.398 e. The van der Waals surface area contributed by atoms with E-state index in [4.69, 9.17) is 11.0 Å². The molecule has 0 saturated heterocycles. The van der Waals surface area contributed by atoms with Gasteiger partial charge in [0.25, 0.3) is 0 Å². The van der Waals surface area contributed by atoms with E-state index in [9.17, 15) is 0 Å². The molecule has 0 heterocycles. The number of benzene rings is 1. The summed E-state index contributed by atoms with van der Waals surface area (Å²) in [4.78, 5) is 0.862. The Morgan fingerprint density at radius 3 is 2.93 bits per heavy atom. The van der Waals surface area contributed by atoms with Crippen LogP contribution in [0.2, 0.25) is 0 Å². The predicted octanol–water partition coefficient (Wildman–Crippen LogP) is 2.59. The molecular weight excluding hydrogens is 260 g/mol. The summed E-state index contributed by atoms with van der Waals surface area (Å²) in [5.74, 6) is 5.79. The molecule has 0 aliphatic carbocycles. The first kappa shape index (κ1) is 11.0. The third-order valence-corrected chi connectivity index (χ3v) is 2.34. The number of anilines is 1. The number of nitrogens with two attached hydrogens (primary N) is 1. The lowest BCUT2D eigenvalue weighted by Gasteiger charge is -1.99. The van der Waals surface area contributed by atoms with Crippen molar-refractivity contribution in [2.75, 3.05) is 11.1 Å². The molecule has 1 aromatic rings. The Morgan fingerprint density at radius 1 is 1.50 bits per heavy atom. The Hall–Kier alpha value is -1.10. The van der Waals surface area contributed by atoms with E-state index >= 15 is 0 Å². The van der Waals surface area contributed by atoms with Crippen LogP contribution in [0.1, 0.15) is 5.56 Å². The number of thiocyanates is 1. The first-order valence-corrected chi connectivity index (χ1v) is 5.72. The monoisotopic (exact) mass is 266 g/mol. The lowest BCUT2D eigenvalue weighted by atomic mass is 10.2. The number of hydrogen-bond donors (Lipinski definition) is 1. The van der Waals surface area contributed by atoms with Crippen molar-refractivity contribution in [3.63, 3.8) is 0 Å². The first-order chi connectivity index (χ1) is 6.77. The zero-order valence-corrected chi connectivity index (χ0v) is 9.65. The van der Waals surface area contributed by atoms with Crippen LogP contribution in [-0.4, -0.2) is 5.33 Å². The molecule has 0 fully saturated rings. The number of alkyl halides is 1. The first-order valence-electron chi connectivity index (χ1n) is 3.78. The molecule has 0 radical (unpaired) electrons. The fourth-order valence-electron chi connectivity index (χ4n) is 0.888. The van der Waals surface area contributed by atoms with Gasteiger partial charge in [-0.3, -0.25) is 0 Å². The number of nitrogens with zero attached hydrogens (tertiary/aromatic N) is 1. The average Bonchev–Trinajstić information content (AvgIpc) is 2.19. The van der Waals surface area contributed by atoms with Gasteiger partial charge in [0.1, 0.15) is 5.40 Å². The van der Waals surface area contributed by atoms with Crippen LogP contribution in [0.25, 0.3) is 0 Å². The maximum atomic E-state index is 8.49. The molecule has 0 aliphatic rings. The molecule has 0 saturated carbocycles. The van der Waals surface area contributed by atoms with E-state index in [2.05, 4.69) is 27.8 Å². The maximum absolute atomic E-state index is 8.49. The van der Waals surface area contributed by atoms with Gasteiger partial charge in [0.15, 0.2) is 0 Å². The van der Waals surface area contributed by atoms with Gasteiger partial charge in [0.2, 0.25) is 0 Å². The molecule has 1 rings (SSSR count). The third kappa shape index (κ3) is 2.99. The lowest BCUT2D eigenvalue weighted by molar-refractivity contribution is 1.44. The molecule has 2 N–H and O–H groups in total. The average molecular weight is 267 g/mol. The second-order valence-corrected chi connectivity index (χ2v) is 3.80. The molecule has 70 valence electrons. The Morgan fingerprint density at radius 2 is 2.29 bits per heavy atom. The summed E-state index contributed by atoms with van der Waals surface area (Å²) >= 11 is 4.31. The van der Waals surface area contributed by atoms with E-state index in [0.717, 1.165) is 22.2 Å². The van der Waals surface area contributed by atoms with E-state index in [1.165, 1.54) is 0 Å². The molecule has 14 heavy (non-hydrogen) atoms. The number of rotatable bonds is 1. The van der Waals surface area contributed by atoms with E-state index in [1.807, 2.05) is 17.5 Å². The van der Waals surface area contributed by atoms with Crippen molar-refractivity contribution in [3.05, 3.63) is 23.8 Å². The van der Waals surface area contributed by atoms with Gasteiger partial charge in [-0.1, -0.05) is 27.8 Å². The summed E-state index contributed by atoms with van der Waals surface area (Å²) in [7, 11) is 0. The molecule has 0 aromatic heterocycles. The van der Waals surface area contributed by atoms with Crippen molar-refractivity contribution < 1.29 is 0 Å². The number of nitrogen functional groups attached to an aromatic ring is 1. The highest BCUT2D eigenvalue weighted by Crippen LogP contribution is 2.21. The molecular formula is C10H7BrN2S. The topological polar surface area (TPSA) is 49.8 Å². The zero-order valence-electron chi connectivity index (χ0n) is 7.25. The highest BCUT2D eigenvalue weighted by atomic mass is 79.9. The molecule has 2 nitrogen and oxygen atoms in total. The van der Waals surface area contributed by atoms with Gasteiger partial charge in [0, 0.05) is 16.1 Å². The van der Waals surface area contributed by atoms with Crippen LogP contribution >= 0.6 is 27.7 Å². The van der Waals surface area contributed by atoms with Crippen LogP contribution in [-0.2, 0) is 0 Å². The summed E-state index contributed by atoms with van der Waals surface area (Å²) in [6.07, 6.45) is 0. The van der Waals surface area contributed by atoms with Gasteiger partial charge in [-0.25, -0.2) is 0 Å². The highest BCUT2D eigenvalue weighted by Gasteiger charge is 1.98. The van der Waals surface area contributed by atoms with Crippen LogP contribution in [0.15, 0.2) is 23.1 Å². The molecule has 1 aromatic carbocycles. The summed E-state index contributed by atoms with van der Waals surface area (Å²) in [6, 6.07) is 5.39. The second-order valence-electron chi connectivity index (χ2n) is 2.38. The fourth-order valence-corrected chi connectivity index (χ4v) is 1.45. The maximum Gasteiger partial charge on any atom is 0.138 e. The minimum absolute atomic E-state index is 0.613. The summed E-state index contributed by atoms with van der Waals surface area (Å²) < 4.78 is 0. The normalized spacial score (nSPS) is 8.57. The molecule has 0 atom stereocenters. The summed E-state index contributed by atoms with van der Waals surface area (Å²) in [5, 5.41) is 11.1. The molecule has 0 unspecified atom stereocenters. The quantitative estimate of drug-likeness (QED) is 0.280. The smallest absolute Gasteiger partial charge is 0.138 e. The van der Waals surface area contributed by atoms with Gasteiger partial charge >= 0.3 is 0 Å². The van der Waals surface area contributed by atoms with E-state index in [1.54, 1.807) is 6.07 Å². The zero-order chi connectivity index (χ0) is 10.4. The lowest BCUT2D eigenvalue weighted by Crippen LogP contribution is -1.89. The Bertz CT molecular complexity index is 426. The summed E-state index contributed by atoms with van der Waals surface area (Å²) in [5.41, 5.74) is 7.12. The number of hydrogen-bond acceptors (Lipinski definition) is 3. The molecule has 0 bridgehead atoms. The SMILES string of the molecule is N#CSc1ccc(N)c(C#CCBr)c1. The number of thioether (sulfide) groups is 1. The van der Waals surface area contributed by atoms with Crippen LogP contribution in [0.3, 0.4) is 0 Å². The Kier molecular flexibility index (Phi) is 4.39. The van der Waals surface area contributed by atoms with Gasteiger partial charge in [0.05, 0.1) is 5.33 Å². The Balaban J connectivity index is 3.03. The van der Waals surface area contributed by atoms with Crippen LogP contribution in [0.5, 0.6) is 0 Å². The van der Waals surface area contributed by atoms with Crippen LogP contribution < -0.4 is 5.73 Å². The van der Waals surface area contributed by atoms with Crippen molar-refractivity contribution in [2.24, 2.45) is 0 Å². The molecule has 0 amide bonds. The van der Waals surface area contributed by atoms with Gasteiger partial charge in [-0.05, 0) is 30.0 Å². The minimum atomic E-state index is 0.613. The summed E-state index contributed by atoms with van der Waals surface area (Å²) in [6.45, 7) is 0. The van der Waals surface area contributed by atoms with E-state index in [-0.39, 0.29) is 0 Å². The fraction of sp³-hybridized carbons (Fsp3) is 0.100. The Labute approximate surface area is 95.6 Å². The number of halogens is 1. The standard InChI is InChI=1S/C10H7BrN2S/c11-5-1-2-8-6-9(14-7-12)3-4-10(8)13/h3-4,6H,5,13H2. The van der Waals surface area contributed by atoms with Crippen molar-refractivity contribution in [2.45, 2.75) is 4.90 Å². The van der Waals surface area contributed by atoms with Crippen molar-refractivity contribution in [3.8, 4) is 17.2 Å². The van der Waals surface area contributed by atoms with Crippen LogP contribution in [0.4, 0.5) is 5.69 Å². The molecule has 0 spiro atoms. The third-order valence-electron chi connectivity index (χ3n) is 1.48. The van der Waals surface area contributed by atoms with Crippen molar-refractivity contribution >= 4 is 33.4 Å². The van der Waals surface area contributed by atoms with E-state index < -0.39 is 0 Å². The van der Waals surface area contributed by atoms with Gasteiger partial charge in [-0.2, -0.15) is 5.26 Å². The number of nitriles is 1. The second kappa shape index (κ2) is 5.59. The predicted molar refractivity (Wildman–Crippen MR) is 63.0 cm³/mol. The minimum Gasteiger partial charge on any atom is -0.398 e. The van der Waals surface area contributed by atoms with Crippen LogP contribution in [0, 0.1) is 22.5 Å². The van der Waals surface area contributed by atoms with Crippen molar-refractivity contribution in [1.82, 2.24) is 0 Å². The molecule has 0 aliphatic heterocycles. The van der Waals surface area contributed by atoms with E-state index in [0.29, 0.717) is 11.0 Å². The molecule has 4 heteroatoms.